The molecule has 184 valence electrons. The normalized spacial score (nSPS) is 12.2. The van der Waals surface area contributed by atoms with E-state index >= 15 is 0 Å². The molecule has 1 heterocycles. The smallest absolute Gasteiger partial charge is 0.274 e. The van der Waals surface area contributed by atoms with E-state index in [1.807, 2.05) is 0 Å². The van der Waals surface area contributed by atoms with Gasteiger partial charge in [0.1, 0.15) is 16.6 Å². The van der Waals surface area contributed by atoms with Gasteiger partial charge in [0.2, 0.25) is 10.0 Å². The SMILES string of the molecule is CS(=O)c1cc(C(=O)Nc2ccc(-c3ccccc3S(N)(=O)=O)cc2)n(-c2cccc(C(=N)N)c2)n1. The molecule has 0 saturated heterocycles. The van der Waals surface area contributed by atoms with Gasteiger partial charge in [-0.2, -0.15) is 5.10 Å². The molecule has 6 N–H and O–H groups in total. The molecule has 10 nitrogen and oxygen atoms in total. The van der Waals surface area contributed by atoms with Gasteiger partial charge in [-0.15, -0.1) is 0 Å². The molecule has 0 aliphatic rings. The van der Waals surface area contributed by atoms with Crippen LogP contribution in [0.15, 0.2) is 88.8 Å². The van der Waals surface area contributed by atoms with Crippen LogP contribution in [0.25, 0.3) is 16.8 Å². The highest BCUT2D eigenvalue weighted by Crippen LogP contribution is 2.28. The molecule has 0 aliphatic carbocycles. The van der Waals surface area contributed by atoms with E-state index < -0.39 is 26.7 Å². The van der Waals surface area contributed by atoms with Gasteiger partial charge in [0.25, 0.3) is 5.91 Å². The van der Waals surface area contributed by atoms with E-state index in [0.717, 1.165) is 0 Å². The van der Waals surface area contributed by atoms with Gasteiger partial charge in [-0.25, -0.2) is 18.2 Å². The van der Waals surface area contributed by atoms with Crippen molar-refractivity contribution in [1.29, 1.82) is 5.41 Å². The zero-order chi connectivity index (χ0) is 26.0. The highest BCUT2D eigenvalue weighted by Gasteiger charge is 2.20. The van der Waals surface area contributed by atoms with E-state index in [9.17, 15) is 17.4 Å². The number of nitrogens with two attached hydrogens (primary N) is 2. The van der Waals surface area contributed by atoms with E-state index in [0.29, 0.717) is 28.1 Å². The third-order valence-corrected chi connectivity index (χ3v) is 7.02. The first-order valence-corrected chi connectivity index (χ1v) is 13.6. The maximum atomic E-state index is 13.2. The molecule has 36 heavy (non-hydrogen) atoms. The van der Waals surface area contributed by atoms with Crippen molar-refractivity contribution in [2.75, 3.05) is 11.6 Å². The summed E-state index contributed by atoms with van der Waals surface area (Å²) in [5.41, 5.74) is 8.13. The molecule has 1 amide bonds. The Labute approximate surface area is 210 Å². The van der Waals surface area contributed by atoms with E-state index in [4.69, 9.17) is 16.3 Å². The van der Waals surface area contributed by atoms with Gasteiger partial charge in [-0.05, 0) is 35.9 Å². The number of nitrogens with one attached hydrogen (secondary N) is 2. The Morgan fingerprint density at radius 3 is 2.36 bits per heavy atom. The number of hydrogen-bond donors (Lipinski definition) is 4. The molecule has 0 aliphatic heterocycles. The first kappa shape index (κ1) is 25.0. The fourth-order valence-electron chi connectivity index (χ4n) is 3.55. The lowest BCUT2D eigenvalue weighted by Crippen LogP contribution is -2.17. The van der Waals surface area contributed by atoms with Crippen LogP contribution in [0.2, 0.25) is 0 Å². The van der Waals surface area contributed by atoms with Crippen molar-refractivity contribution < 1.29 is 17.4 Å². The van der Waals surface area contributed by atoms with Crippen LogP contribution in [0, 0.1) is 5.41 Å². The number of carbonyl (C=O) groups is 1. The summed E-state index contributed by atoms with van der Waals surface area (Å²) in [5.74, 6) is -0.650. The maximum absolute atomic E-state index is 13.2. The number of aromatic nitrogens is 2. The predicted octanol–water partition coefficient (Wildman–Crippen LogP) is 2.46. The van der Waals surface area contributed by atoms with Gasteiger partial charge in [-0.1, -0.05) is 42.5 Å². The van der Waals surface area contributed by atoms with Crippen molar-refractivity contribution in [3.63, 3.8) is 0 Å². The molecule has 1 unspecified atom stereocenters. The molecule has 0 fully saturated rings. The average Bonchev–Trinajstić information content (AvgIpc) is 3.30. The van der Waals surface area contributed by atoms with Crippen molar-refractivity contribution in [1.82, 2.24) is 9.78 Å². The van der Waals surface area contributed by atoms with Crippen molar-refractivity contribution in [3.05, 3.63) is 90.1 Å². The summed E-state index contributed by atoms with van der Waals surface area (Å²) < 4.78 is 37.3. The van der Waals surface area contributed by atoms with Crippen LogP contribution < -0.4 is 16.2 Å². The minimum atomic E-state index is -3.92. The van der Waals surface area contributed by atoms with Crippen molar-refractivity contribution in [2.45, 2.75) is 9.92 Å². The summed E-state index contributed by atoms with van der Waals surface area (Å²) in [6.07, 6.45) is 1.46. The second kappa shape index (κ2) is 9.85. The van der Waals surface area contributed by atoms with Gasteiger partial charge < -0.3 is 11.1 Å². The van der Waals surface area contributed by atoms with E-state index in [2.05, 4.69) is 10.4 Å². The lowest BCUT2D eigenvalue weighted by Gasteiger charge is -2.11. The number of nitrogen functional groups attached to an aromatic ring is 1. The Morgan fingerprint density at radius 2 is 1.72 bits per heavy atom. The Bertz CT molecular complexity index is 1610. The summed E-state index contributed by atoms with van der Waals surface area (Å²) in [5, 5.41) is 20.3. The Hall–Kier alpha value is -4.13. The quantitative estimate of drug-likeness (QED) is 0.214. The second-order valence-electron chi connectivity index (χ2n) is 7.77. The van der Waals surface area contributed by atoms with E-state index in [-0.39, 0.29) is 21.5 Å². The number of hydrogen-bond acceptors (Lipinski definition) is 6. The summed E-state index contributed by atoms with van der Waals surface area (Å²) in [7, 11) is -5.36. The first-order valence-electron chi connectivity index (χ1n) is 10.5. The molecule has 1 aromatic heterocycles. The molecule has 4 rings (SSSR count). The van der Waals surface area contributed by atoms with Gasteiger partial charge >= 0.3 is 0 Å². The first-order chi connectivity index (χ1) is 17.0. The van der Waals surface area contributed by atoms with Gasteiger partial charge in [0.05, 0.1) is 21.4 Å². The van der Waals surface area contributed by atoms with Crippen LogP contribution in [0.4, 0.5) is 5.69 Å². The fourth-order valence-corrected chi connectivity index (χ4v) is 4.78. The minimum absolute atomic E-state index is 0.00132. The molecule has 0 spiro atoms. The maximum Gasteiger partial charge on any atom is 0.274 e. The van der Waals surface area contributed by atoms with Gasteiger partial charge in [0.15, 0.2) is 0 Å². The molecular formula is C24H22N6O4S2. The van der Waals surface area contributed by atoms with Crippen LogP contribution in [0.5, 0.6) is 0 Å². The Kier molecular flexibility index (Phi) is 6.84. The van der Waals surface area contributed by atoms with Crippen LogP contribution in [0.3, 0.4) is 0 Å². The molecular weight excluding hydrogens is 500 g/mol. The van der Waals surface area contributed by atoms with Gasteiger partial charge in [0, 0.05) is 29.1 Å². The number of amidine groups is 1. The van der Waals surface area contributed by atoms with Crippen LogP contribution in [-0.4, -0.2) is 40.4 Å². The molecule has 0 saturated carbocycles. The van der Waals surface area contributed by atoms with Crippen molar-refractivity contribution in [3.8, 4) is 16.8 Å². The third-order valence-electron chi connectivity index (χ3n) is 5.26. The van der Waals surface area contributed by atoms with E-state index in [1.54, 1.807) is 66.7 Å². The number of rotatable bonds is 7. The lowest BCUT2D eigenvalue weighted by atomic mass is 10.1. The number of anilines is 1. The van der Waals surface area contributed by atoms with Crippen molar-refractivity contribution >= 4 is 38.3 Å². The van der Waals surface area contributed by atoms with Crippen LogP contribution >= 0.6 is 0 Å². The highest BCUT2D eigenvalue weighted by atomic mass is 32.2. The summed E-state index contributed by atoms with van der Waals surface area (Å²) in [6, 6.07) is 21.0. The summed E-state index contributed by atoms with van der Waals surface area (Å²) in [6.45, 7) is 0. The average molecular weight is 523 g/mol. The number of sulfonamides is 1. The molecule has 1 atom stereocenters. The third kappa shape index (κ3) is 5.25. The molecule has 12 heteroatoms. The number of amides is 1. The molecule has 0 radical (unpaired) electrons. The molecule has 3 aromatic carbocycles. The van der Waals surface area contributed by atoms with Crippen LogP contribution in [0.1, 0.15) is 16.1 Å². The fraction of sp³-hybridized carbons (Fsp3) is 0.0417. The number of benzene rings is 3. The zero-order valence-corrected chi connectivity index (χ0v) is 20.6. The van der Waals surface area contributed by atoms with Crippen LogP contribution in [-0.2, 0) is 20.8 Å². The highest BCUT2D eigenvalue weighted by molar-refractivity contribution is 7.89. The monoisotopic (exact) mass is 522 g/mol. The predicted molar refractivity (Wildman–Crippen MR) is 138 cm³/mol. The Morgan fingerprint density at radius 1 is 1.03 bits per heavy atom. The molecule has 0 bridgehead atoms. The minimum Gasteiger partial charge on any atom is -0.384 e. The topological polar surface area (TPSA) is 174 Å². The van der Waals surface area contributed by atoms with Gasteiger partial charge in [-0.3, -0.25) is 14.4 Å². The number of nitrogens with zero attached hydrogens (tertiary/aromatic N) is 2. The standard InChI is InChI=1S/C24H22N6O4S2/c1-35(32)22-14-20(30(29-22)18-6-4-5-16(13-18)23(25)26)24(31)28-17-11-9-15(10-12-17)19-7-2-3-8-21(19)36(27,33)34/h2-14H,1H3,(H3,25,26)(H,28,31)(H2,27,33,34). The molecule has 4 aromatic rings. The van der Waals surface area contributed by atoms with E-state index in [1.165, 1.54) is 23.1 Å². The number of primary sulfonamides is 1. The number of carbonyl (C=O) groups excluding carboxylic acids is 1. The second-order valence-corrected chi connectivity index (χ2v) is 10.6. The van der Waals surface area contributed by atoms with Crippen molar-refractivity contribution in [2.24, 2.45) is 10.9 Å². The summed E-state index contributed by atoms with van der Waals surface area (Å²) in [4.78, 5) is 13.2. The zero-order valence-electron chi connectivity index (χ0n) is 19.0. The lowest BCUT2D eigenvalue weighted by molar-refractivity contribution is 0.101. The largest absolute Gasteiger partial charge is 0.384 e. The summed E-state index contributed by atoms with van der Waals surface area (Å²) >= 11 is 0. The Balaban J connectivity index is 1.66.